The van der Waals surface area contributed by atoms with E-state index in [0.29, 0.717) is 24.2 Å². The van der Waals surface area contributed by atoms with Crippen LogP contribution >= 0.6 is 0 Å². The largest absolute Gasteiger partial charge is 0.339 e. The Morgan fingerprint density at radius 3 is 2.50 bits per heavy atom. The minimum absolute atomic E-state index is 0.0228. The van der Waals surface area contributed by atoms with E-state index in [4.69, 9.17) is 0 Å². The number of hydrogen-bond acceptors (Lipinski definition) is 4. The van der Waals surface area contributed by atoms with Crippen LogP contribution in [0.1, 0.15) is 15.9 Å². The summed E-state index contributed by atoms with van der Waals surface area (Å²) >= 11 is 0. The van der Waals surface area contributed by atoms with Gasteiger partial charge in [-0.25, -0.2) is 4.39 Å². The molecule has 144 valence electrons. The lowest BCUT2D eigenvalue weighted by molar-refractivity contribution is -0.133. The van der Waals surface area contributed by atoms with Gasteiger partial charge in [-0.15, -0.1) is 0 Å². The maximum absolute atomic E-state index is 13.2. The number of benzene rings is 1. The van der Waals surface area contributed by atoms with Crippen LogP contribution in [0.2, 0.25) is 0 Å². The predicted molar refractivity (Wildman–Crippen MR) is 104 cm³/mol. The van der Waals surface area contributed by atoms with Crippen molar-refractivity contribution in [1.82, 2.24) is 19.4 Å². The van der Waals surface area contributed by atoms with Crippen LogP contribution in [0.3, 0.4) is 0 Å². The van der Waals surface area contributed by atoms with Crippen LogP contribution in [0.5, 0.6) is 0 Å². The van der Waals surface area contributed by atoms with Crippen molar-refractivity contribution < 1.29 is 14.0 Å². The average Bonchev–Trinajstić information content (AvgIpc) is 3.07. The Hall–Kier alpha value is -3.06. The van der Waals surface area contributed by atoms with E-state index in [-0.39, 0.29) is 24.1 Å². The summed E-state index contributed by atoms with van der Waals surface area (Å²) in [5.41, 5.74) is 1.62. The van der Waals surface area contributed by atoms with Crippen molar-refractivity contribution in [3.05, 3.63) is 65.9 Å². The number of rotatable bonds is 4. The molecule has 1 aliphatic heterocycles. The van der Waals surface area contributed by atoms with E-state index in [1.807, 2.05) is 11.9 Å². The van der Waals surface area contributed by atoms with Crippen LogP contribution in [0, 0.1) is 5.82 Å². The number of nitrogens with zero attached hydrogens (tertiary/aromatic N) is 4. The first kappa shape index (κ1) is 18.3. The smallest absolute Gasteiger partial charge is 0.242 e. The Morgan fingerprint density at radius 2 is 1.79 bits per heavy atom. The van der Waals surface area contributed by atoms with Gasteiger partial charge < -0.3 is 14.4 Å². The van der Waals surface area contributed by atoms with Gasteiger partial charge in [0.25, 0.3) is 0 Å². The van der Waals surface area contributed by atoms with Gasteiger partial charge in [-0.2, -0.15) is 0 Å². The van der Waals surface area contributed by atoms with Gasteiger partial charge in [-0.1, -0.05) is 0 Å². The van der Waals surface area contributed by atoms with Gasteiger partial charge in [-0.3, -0.25) is 14.6 Å². The fourth-order valence-electron chi connectivity index (χ4n) is 3.51. The number of fused-ring (bicyclic) bond motifs is 1. The Bertz CT molecular complexity index is 1020. The number of carbonyl (C=O) groups is 2. The lowest BCUT2D eigenvalue weighted by atomic mass is 10.0. The average molecular weight is 380 g/mol. The molecule has 1 fully saturated rings. The van der Waals surface area contributed by atoms with Crippen molar-refractivity contribution >= 4 is 22.6 Å². The molecule has 0 aliphatic carbocycles. The van der Waals surface area contributed by atoms with Crippen LogP contribution in [0.15, 0.2) is 48.9 Å². The molecule has 1 aliphatic rings. The fraction of sp³-hybridized carbons (Fsp3) is 0.286. The van der Waals surface area contributed by atoms with Gasteiger partial charge in [0.2, 0.25) is 5.91 Å². The quantitative estimate of drug-likeness (QED) is 0.651. The number of pyridine rings is 1. The summed E-state index contributed by atoms with van der Waals surface area (Å²) in [6.45, 7) is 3.27. The number of aromatic nitrogens is 2. The van der Waals surface area contributed by atoms with E-state index in [1.54, 1.807) is 29.2 Å². The van der Waals surface area contributed by atoms with Gasteiger partial charge in [0.15, 0.2) is 5.78 Å². The molecule has 0 N–H and O–H groups in total. The first-order valence-electron chi connectivity index (χ1n) is 9.22. The van der Waals surface area contributed by atoms with Gasteiger partial charge in [0, 0.05) is 55.1 Å². The maximum Gasteiger partial charge on any atom is 0.242 e. The number of halogens is 1. The van der Waals surface area contributed by atoms with E-state index in [1.165, 1.54) is 24.3 Å². The zero-order chi connectivity index (χ0) is 19.7. The van der Waals surface area contributed by atoms with Crippen LogP contribution in [-0.4, -0.2) is 64.3 Å². The standard InChI is InChI=1S/C21H21FN4O2/c1-24-8-10-25(11-9-24)20(27)14-26-13-18(17-6-7-23-12-19(17)26)21(28)15-2-4-16(22)5-3-15/h2-7,12-13H,8-11,14H2,1H3. The second kappa shape index (κ2) is 7.52. The van der Waals surface area contributed by atoms with Crippen LogP contribution in [-0.2, 0) is 11.3 Å². The third-order valence-electron chi connectivity index (χ3n) is 5.20. The van der Waals surface area contributed by atoms with Crippen molar-refractivity contribution in [1.29, 1.82) is 0 Å². The second-order valence-corrected chi connectivity index (χ2v) is 7.08. The lowest BCUT2D eigenvalue weighted by Crippen LogP contribution is -2.48. The normalized spacial score (nSPS) is 15.1. The van der Waals surface area contributed by atoms with Crippen molar-refractivity contribution in [3.8, 4) is 0 Å². The topological polar surface area (TPSA) is 58.4 Å². The third kappa shape index (κ3) is 3.53. The van der Waals surface area contributed by atoms with Crippen molar-refractivity contribution in [2.24, 2.45) is 0 Å². The zero-order valence-electron chi connectivity index (χ0n) is 15.6. The van der Waals surface area contributed by atoms with Gasteiger partial charge in [0.05, 0.1) is 11.7 Å². The molecule has 7 heteroatoms. The number of piperazine rings is 1. The molecule has 0 unspecified atom stereocenters. The minimum Gasteiger partial charge on any atom is -0.339 e. The summed E-state index contributed by atoms with van der Waals surface area (Å²) in [4.78, 5) is 33.9. The van der Waals surface area contributed by atoms with Gasteiger partial charge in [0.1, 0.15) is 12.4 Å². The molecular formula is C21H21FN4O2. The maximum atomic E-state index is 13.2. The van der Waals surface area contributed by atoms with Crippen molar-refractivity contribution in [2.45, 2.75) is 6.54 Å². The molecule has 0 atom stereocenters. The molecule has 4 rings (SSSR count). The molecule has 0 saturated carbocycles. The molecule has 3 aromatic rings. The van der Waals surface area contributed by atoms with Crippen LogP contribution < -0.4 is 0 Å². The Balaban J connectivity index is 1.64. The van der Waals surface area contributed by atoms with Crippen molar-refractivity contribution in [3.63, 3.8) is 0 Å². The molecule has 6 nitrogen and oxygen atoms in total. The first-order chi connectivity index (χ1) is 13.5. The molecular weight excluding hydrogens is 359 g/mol. The number of likely N-dealkylation sites (N-methyl/N-ethyl adjacent to an activating group) is 1. The number of ketones is 1. The fourth-order valence-corrected chi connectivity index (χ4v) is 3.51. The van der Waals surface area contributed by atoms with E-state index < -0.39 is 0 Å². The summed E-state index contributed by atoms with van der Waals surface area (Å²) < 4.78 is 15.0. The third-order valence-corrected chi connectivity index (χ3v) is 5.20. The summed E-state index contributed by atoms with van der Waals surface area (Å²) in [5, 5.41) is 0.732. The molecule has 1 saturated heterocycles. The molecule has 1 amide bonds. The predicted octanol–water partition coefficient (Wildman–Crippen LogP) is 2.18. The molecule has 3 heterocycles. The summed E-state index contributed by atoms with van der Waals surface area (Å²) in [6.07, 6.45) is 4.98. The monoisotopic (exact) mass is 380 g/mol. The summed E-state index contributed by atoms with van der Waals surface area (Å²) in [5.74, 6) is -0.572. The van der Waals surface area contributed by atoms with E-state index in [2.05, 4.69) is 9.88 Å². The molecule has 28 heavy (non-hydrogen) atoms. The SMILES string of the molecule is CN1CCN(C(=O)Cn2cc(C(=O)c3ccc(F)cc3)c3ccncc32)CC1. The molecule has 0 bridgehead atoms. The molecule has 2 aromatic heterocycles. The first-order valence-corrected chi connectivity index (χ1v) is 9.22. The summed E-state index contributed by atoms with van der Waals surface area (Å²) in [7, 11) is 2.04. The van der Waals surface area contributed by atoms with Crippen LogP contribution in [0.25, 0.3) is 10.9 Å². The molecule has 0 radical (unpaired) electrons. The highest BCUT2D eigenvalue weighted by Gasteiger charge is 2.22. The van der Waals surface area contributed by atoms with E-state index >= 15 is 0 Å². The zero-order valence-corrected chi connectivity index (χ0v) is 15.6. The Morgan fingerprint density at radius 1 is 1.07 bits per heavy atom. The number of carbonyl (C=O) groups excluding carboxylic acids is 2. The number of amides is 1. The Labute approximate surface area is 162 Å². The highest BCUT2D eigenvalue weighted by atomic mass is 19.1. The van der Waals surface area contributed by atoms with Crippen LogP contribution in [0.4, 0.5) is 4.39 Å². The molecule has 1 aromatic carbocycles. The lowest BCUT2D eigenvalue weighted by Gasteiger charge is -2.32. The van der Waals surface area contributed by atoms with Gasteiger partial charge in [-0.05, 0) is 37.4 Å². The van der Waals surface area contributed by atoms with E-state index in [0.717, 1.165) is 24.0 Å². The highest BCUT2D eigenvalue weighted by Crippen LogP contribution is 2.23. The number of hydrogen-bond donors (Lipinski definition) is 0. The van der Waals surface area contributed by atoms with Crippen molar-refractivity contribution in [2.75, 3.05) is 33.2 Å². The highest BCUT2D eigenvalue weighted by molar-refractivity contribution is 6.16. The Kier molecular flexibility index (Phi) is 4.92. The van der Waals surface area contributed by atoms with Gasteiger partial charge >= 0.3 is 0 Å². The molecule has 0 spiro atoms. The van der Waals surface area contributed by atoms with E-state index in [9.17, 15) is 14.0 Å². The minimum atomic E-state index is -0.388. The summed E-state index contributed by atoms with van der Waals surface area (Å²) in [6, 6.07) is 7.24. The second-order valence-electron chi connectivity index (χ2n) is 7.08.